The summed E-state index contributed by atoms with van der Waals surface area (Å²) >= 11 is 0. The molecule has 5 heteroatoms. The maximum absolute atomic E-state index is 5.41. The average molecular weight is 274 g/mol. The fourth-order valence-corrected chi connectivity index (χ4v) is 2.69. The first-order valence-corrected chi connectivity index (χ1v) is 7.52. The number of fused-ring (bicyclic) bond motifs is 1. The highest BCUT2D eigenvalue weighted by molar-refractivity contribution is 5.49. The highest BCUT2D eigenvalue weighted by atomic mass is 16.5. The highest BCUT2D eigenvalue weighted by Gasteiger charge is 2.14. The largest absolute Gasteiger partial charge is 0.381 e. The lowest BCUT2D eigenvalue weighted by Crippen LogP contribution is -2.10. The van der Waals surface area contributed by atoms with Gasteiger partial charge in [0, 0.05) is 37.6 Å². The molecule has 2 aromatic rings. The summed E-state index contributed by atoms with van der Waals surface area (Å²) < 4.78 is 7.28. The van der Waals surface area contributed by atoms with E-state index in [1.807, 2.05) is 10.6 Å². The zero-order valence-electron chi connectivity index (χ0n) is 12.0. The minimum absolute atomic E-state index is 0.755. The predicted octanol–water partition coefficient (Wildman–Crippen LogP) is 2.52. The van der Waals surface area contributed by atoms with Crippen molar-refractivity contribution in [1.82, 2.24) is 14.6 Å². The molecule has 20 heavy (non-hydrogen) atoms. The number of hydrogen-bond acceptors (Lipinski definition) is 4. The summed E-state index contributed by atoms with van der Waals surface area (Å²) in [6.45, 7) is 4.98. The van der Waals surface area contributed by atoms with Gasteiger partial charge >= 0.3 is 0 Å². The third-order valence-electron chi connectivity index (χ3n) is 3.89. The normalized spacial score (nSPS) is 18.8. The Kier molecular flexibility index (Phi) is 4.16. The monoisotopic (exact) mass is 274 g/mol. The first-order chi connectivity index (χ1) is 9.86. The third kappa shape index (κ3) is 2.93. The maximum Gasteiger partial charge on any atom is 0.157 e. The van der Waals surface area contributed by atoms with Crippen LogP contribution in [0.2, 0.25) is 0 Å². The van der Waals surface area contributed by atoms with Crippen LogP contribution in [0.25, 0.3) is 5.65 Å². The SMILES string of the molecule is CCc1cc(NCCC[C@@H]2CCOC2)n2nccc2n1. The fourth-order valence-electron chi connectivity index (χ4n) is 2.69. The number of aromatic nitrogens is 3. The number of ether oxygens (including phenoxy) is 1. The van der Waals surface area contributed by atoms with Crippen molar-refractivity contribution in [2.75, 3.05) is 25.1 Å². The number of nitrogens with one attached hydrogen (secondary N) is 1. The van der Waals surface area contributed by atoms with Gasteiger partial charge in [0.25, 0.3) is 0 Å². The summed E-state index contributed by atoms with van der Waals surface area (Å²) in [7, 11) is 0. The van der Waals surface area contributed by atoms with E-state index >= 15 is 0 Å². The van der Waals surface area contributed by atoms with Crippen molar-refractivity contribution in [3.63, 3.8) is 0 Å². The van der Waals surface area contributed by atoms with Gasteiger partial charge < -0.3 is 10.1 Å². The number of anilines is 1. The molecular formula is C15H22N4O. The summed E-state index contributed by atoms with van der Waals surface area (Å²) in [5, 5.41) is 7.81. The van der Waals surface area contributed by atoms with Gasteiger partial charge in [-0.05, 0) is 31.6 Å². The minimum atomic E-state index is 0.755. The molecule has 2 aromatic heterocycles. The summed E-state index contributed by atoms with van der Waals surface area (Å²) in [5.74, 6) is 1.80. The van der Waals surface area contributed by atoms with E-state index in [1.54, 1.807) is 6.20 Å². The van der Waals surface area contributed by atoms with Crippen LogP contribution in [0.3, 0.4) is 0 Å². The lowest BCUT2D eigenvalue weighted by atomic mass is 10.0. The zero-order valence-corrected chi connectivity index (χ0v) is 12.0. The summed E-state index contributed by atoms with van der Waals surface area (Å²) in [6.07, 6.45) is 6.36. The van der Waals surface area contributed by atoms with Crippen LogP contribution >= 0.6 is 0 Å². The van der Waals surface area contributed by atoms with Gasteiger partial charge in [0.2, 0.25) is 0 Å². The molecule has 1 N–H and O–H groups in total. The van der Waals surface area contributed by atoms with Crippen molar-refractivity contribution >= 4 is 11.5 Å². The second-order valence-corrected chi connectivity index (χ2v) is 5.39. The van der Waals surface area contributed by atoms with E-state index in [0.29, 0.717) is 0 Å². The van der Waals surface area contributed by atoms with E-state index in [-0.39, 0.29) is 0 Å². The maximum atomic E-state index is 5.41. The van der Waals surface area contributed by atoms with Crippen molar-refractivity contribution < 1.29 is 4.74 Å². The quantitative estimate of drug-likeness (QED) is 0.822. The third-order valence-corrected chi connectivity index (χ3v) is 3.89. The first-order valence-electron chi connectivity index (χ1n) is 7.52. The van der Waals surface area contributed by atoms with Crippen molar-refractivity contribution in [2.45, 2.75) is 32.6 Å². The van der Waals surface area contributed by atoms with E-state index in [4.69, 9.17) is 4.74 Å². The van der Waals surface area contributed by atoms with E-state index < -0.39 is 0 Å². The van der Waals surface area contributed by atoms with Gasteiger partial charge in [0.1, 0.15) is 5.82 Å². The predicted molar refractivity (Wildman–Crippen MR) is 79.0 cm³/mol. The molecule has 0 aliphatic carbocycles. The minimum Gasteiger partial charge on any atom is -0.381 e. The molecule has 0 aromatic carbocycles. The van der Waals surface area contributed by atoms with E-state index in [1.165, 1.54) is 19.3 Å². The zero-order chi connectivity index (χ0) is 13.8. The van der Waals surface area contributed by atoms with Crippen LogP contribution in [0.1, 0.15) is 31.9 Å². The lowest BCUT2D eigenvalue weighted by Gasteiger charge is -2.11. The standard InChI is InChI=1S/C15H22N4O/c1-2-13-10-15(19-14(18-13)5-8-17-19)16-7-3-4-12-6-9-20-11-12/h5,8,10,12,16H,2-4,6-7,9,11H2,1H3/t12-/m1/s1. The first kappa shape index (κ1) is 13.4. The Labute approximate surface area is 119 Å². The highest BCUT2D eigenvalue weighted by Crippen LogP contribution is 2.18. The van der Waals surface area contributed by atoms with Gasteiger partial charge in [0.05, 0.1) is 6.20 Å². The van der Waals surface area contributed by atoms with Crippen LogP contribution in [0, 0.1) is 5.92 Å². The number of rotatable bonds is 6. The Morgan fingerprint density at radius 1 is 1.50 bits per heavy atom. The van der Waals surface area contributed by atoms with Gasteiger partial charge in [-0.2, -0.15) is 9.61 Å². The van der Waals surface area contributed by atoms with Crippen LogP contribution in [0.4, 0.5) is 5.82 Å². The number of aryl methyl sites for hydroxylation is 1. The number of hydrogen-bond donors (Lipinski definition) is 1. The molecule has 0 unspecified atom stereocenters. The Morgan fingerprint density at radius 3 is 3.25 bits per heavy atom. The molecule has 1 aliphatic heterocycles. The lowest BCUT2D eigenvalue weighted by molar-refractivity contribution is 0.184. The van der Waals surface area contributed by atoms with Gasteiger partial charge in [-0.25, -0.2) is 4.98 Å². The molecule has 0 amide bonds. The molecule has 3 rings (SSSR count). The van der Waals surface area contributed by atoms with E-state index in [0.717, 1.165) is 49.3 Å². The van der Waals surface area contributed by atoms with Crippen molar-refractivity contribution in [3.05, 3.63) is 24.0 Å². The fraction of sp³-hybridized carbons (Fsp3) is 0.600. The van der Waals surface area contributed by atoms with Gasteiger partial charge in [-0.1, -0.05) is 6.92 Å². The smallest absolute Gasteiger partial charge is 0.157 e. The molecule has 5 nitrogen and oxygen atoms in total. The van der Waals surface area contributed by atoms with Crippen LogP contribution < -0.4 is 5.32 Å². The van der Waals surface area contributed by atoms with Crippen LogP contribution in [0.5, 0.6) is 0 Å². The molecule has 0 saturated carbocycles. The summed E-state index contributed by atoms with van der Waals surface area (Å²) in [4.78, 5) is 4.55. The molecule has 1 saturated heterocycles. The van der Waals surface area contributed by atoms with Gasteiger partial charge in [-0.3, -0.25) is 0 Å². The second-order valence-electron chi connectivity index (χ2n) is 5.39. The Bertz CT molecular complexity index is 560. The molecule has 1 fully saturated rings. The summed E-state index contributed by atoms with van der Waals surface area (Å²) in [5.41, 5.74) is 2.01. The average Bonchev–Trinajstić information content (AvgIpc) is 3.13. The van der Waals surface area contributed by atoms with Gasteiger partial charge in [-0.15, -0.1) is 0 Å². The van der Waals surface area contributed by atoms with Gasteiger partial charge in [0.15, 0.2) is 5.65 Å². The molecule has 0 bridgehead atoms. The molecule has 1 atom stereocenters. The Hall–Kier alpha value is -1.62. The van der Waals surface area contributed by atoms with Crippen LogP contribution in [0.15, 0.2) is 18.3 Å². The van der Waals surface area contributed by atoms with Crippen molar-refractivity contribution in [1.29, 1.82) is 0 Å². The van der Waals surface area contributed by atoms with Crippen molar-refractivity contribution in [3.8, 4) is 0 Å². The summed E-state index contributed by atoms with van der Waals surface area (Å²) in [6, 6.07) is 4.04. The molecule has 1 aliphatic rings. The van der Waals surface area contributed by atoms with E-state index in [2.05, 4.69) is 28.4 Å². The molecule has 0 radical (unpaired) electrons. The molecule has 108 valence electrons. The van der Waals surface area contributed by atoms with E-state index in [9.17, 15) is 0 Å². The topological polar surface area (TPSA) is 51.5 Å². The molecular weight excluding hydrogens is 252 g/mol. The van der Waals surface area contributed by atoms with Crippen LogP contribution in [-0.4, -0.2) is 34.4 Å². The second kappa shape index (κ2) is 6.22. The Balaban J connectivity index is 1.59. The molecule has 0 spiro atoms. The molecule has 3 heterocycles. The van der Waals surface area contributed by atoms with Crippen LogP contribution in [-0.2, 0) is 11.2 Å². The number of nitrogens with zero attached hydrogens (tertiary/aromatic N) is 3. The Morgan fingerprint density at radius 2 is 2.45 bits per heavy atom. The van der Waals surface area contributed by atoms with Crippen molar-refractivity contribution in [2.24, 2.45) is 5.92 Å².